The number of carbonyl (C=O) groups excluding carboxylic acids is 6. The molecule has 0 spiro atoms. The summed E-state index contributed by atoms with van der Waals surface area (Å²) in [7, 11) is 0. The van der Waals surface area contributed by atoms with Crippen molar-refractivity contribution in [2.75, 3.05) is 11.5 Å². The fourth-order valence-electron chi connectivity index (χ4n) is 3.78. The molecule has 0 bridgehead atoms. The van der Waals surface area contributed by atoms with Crippen LogP contribution < -0.4 is 9.64 Å². The van der Waals surface area contributed by atoms with Crippen molar-refractivity contribution in [2.24, 2.45) is 0 Å². The Bertz CT molecular complexity index is 1160. The average Bonchev–Trinajstić information content (AvgIpc) is 3.07. The average molecular weight is 598 g/mol. The van der Waals surface area contributed by atoms with Crippen molar-refractivity contribution >= 4 is 57.3 Å². The molecule has 0 aliphatic carbocycles. The molecule has 14 heteroatoms. The number of carbonyl (C=O) groups is 6. The molecule has 0 N–H and O–H groups in total. The molecular weight excluding hydrogens is 574 g/mol. The minimum atomic E-state index is -1.42. The van der Waals surface area contributed by atoms with Gasteiger partial charge in [0.15, 0.2) is 12.2 Å². The summed E-state index contributed by atoms with van der Waals surface area (Å²) in [6.07, 6.45) is -5.57. The number of esters is 4. The highest BCUT2D eigenvalue weighted by Crippen LogP contribution is 2.32. The molecule has 5 atom stereocenters. The van der Waals surface area contributed by atoms with Crippen LogP contribution in [0.1, 0.15) is 27.7 Å². The number of hydrogen-bond donors (Lipinski definition) is 0. The normalized spacial score (nSPS) is 24.8. The van der Waals surface area contributed by atoms with Gasteiger partial charge < -0.3 is 28.4 Å². The number of imide groups is 1. The van der Waals surface area contributed by atoms with E-state index < -0.39 is 73.0 Å². The van der Waals surface area contributed by atoms with E-state index in [2.05, 4.69) is 15.9 Å². The zero-order valence-corrected chi connectivity index (χ0v) is 22.3. The van der Waals surface area contributed by atoms with Crippen molar-refractivity contribution in [1.29, 1.82) is 0 Å². The minimum Gasteiger partial charge on any atom is -0.463 e. The van der Waals surface area contributed by atoms with E-state index in [0.29, 0.717) is 0 Å². The van der Waals surface area contributed by atoms with Crippen molar-refractivity contribution in [3.05, 3.63) is 34.8 Å². The highest BCUT2D eigenvalue weighted by atomic mass is 79.9. The van der Waals surface area contributed by atoms with E-state index in [4.69, 9.17) is 28.4 Å². The summed E-state index contributed by atoms with van der Waals surface area (Å²) in [5.41, 5.74) is 0.264. The first-order chi connectivity index (χ1) is 17.9. The lowest BCUT2D eigenvalue weighted by Gasteiger charge is -2.43. The number of ether oxygens (including phenoxy) is 6. The van der Waals surface area contributed by atoms with Crippen LogP contribution in [-0.2, 0) is 52.5 Å². The van der Waals surface area contributed by atoms with E-state index in [0.717, 1.165) is 38.7 Å². The Hall–Kier alpha value is -3.78. The van der Waals surface area contributed by atoms with Crippen LogP contribution in [0, 0.1) is 0 Å². The van der Waals surface area contributed by atoms with Crippen LogP contribution in [0.15, 0.2) is 34.8 Å². The Labute approximate surface area is 225 Å². The fraction of sp³-hybridized carbons (Fsp3) is 0.417. The third kappa shape index (κ3) is 6.95. The largest absolute Gasteiger partial charge is 0.463 e. The first-order valence-electron chi connectivity index (χ1n) is 11.2. The molecule has 1 saturated heterocycles. The highest BCUT2D eigenvalue weighted by Gasteiger charge is 2.53. The second kappa shape index (κ2) is 12.2. The summed E-state index contributed by atoms with van der Waals surface area (Å²) in [6, 6.07) is 5.73. The first-order valence-corrected chi connectivity index (χ1v) is 12.0. The molecule has 0 unspecified atom stereocenters. The number of rotatable bonds is 8. The number of anilines is 1. The van der Waals surface area contributed by atoms with Crippen molar-refractivity contribution < 1.29 is 57.2 Å². The van der Waals surface area contributed by atoms with Gasteiger partial charge in [-0.05, 0) is 40.2 Å². The second-order valence-electron chi connectivity index (χ2n) is 8.15. The van der Waals surface area contributed by atoms with E-state index in [-0.39, 0.29) is 15.9 Å². The summed E-state index contributed by atoms with van der Waals surface area (Å²) < 4.78 is 32.9. The Kier molecular flexibility index (Phi) is 9.22. The minimum absolute atomic E-state index is 0.111. The van der Waals surface area contributed by atoms with Gasteiger partial charge in [0.1, 0.15) is 18.5 Å². The summed E-state index contributed by atoms with van der Waals surface area (Å²) >= 11 is 3.03. The van der Waals surface area contributed by atoms with Crippen molar-refractivity contribution in [3.8, 4) is 5.75 Å². The van der Waals surface area contributed by atoms with Gasteiger partial charge >= 0.3 is 23.9 Å². The highest BCUT2D eigenvalue weighted by molar-refractivity contribution is 9.12. The quantitative estimate of drug-likeness (QED) is 0.240. The van der Waals surface area contributed by atoms with Crippen molar-refractivity contribution in [1.82, 2.24) is 0 Å². The summed E-state index contributed by atoms with van der Waals surface area (Å²) in [6.45, 7) is 4.09. The molecule has 1 aromatic rings. The van der Waals surface area contributed by atoms with E-state index in [1.807, 2.05) is 0 Å². The molecule has 204 valence electrons. The molecule has 2 aliphatic rings. The molecule has 1 fully saturated rings. The summed E-state index contributed by atoms with van der Waals surface area (Å²) in [5.74, 6) is -3.88. The number of benzene rings is 1. The number of hydrogen-bond acceptors (Lipinski definition) is 12. The molecule has 3 rings (SSSR count). The molecule has 0 radical (unpaired) electrons. The molecule has 0 saturated carbocycles. The Morgan fingerprint density at radius 2 is 1.39 bits per heavy atom. The van der Waals surface area contributed by atoms with Gasteiger partial charge in [-0.1, -0.05) is 0 Å². The molecule has 1 aromatic carbocycles. The van der Waals surface area contributed by atoms with E-state index in [1.165, 1.54) is 24.3 Å². The maximum atomic E-state index is 12.2. The SMILES string of the molecule is CC(=O)OC[C@H]1O[C@@H](Oc2ccc(N3C(=O)C=C(Br)C3=O)cc2)[C@H](OC(C)=O)[C@@H](OC(C)=O)[C@@H]1OC(C)=O. The monoisotopic (exact) mass is 597 g/mol. The van der Waals surface area contributed by atoms with Crippen LogP contribution >= 0.6 is 15.9 Å². The lowest BCUT2D eigenvalue weighted by molar-refractivity contribution is -0.288. The van der Waals surface area contributed by atoms with Crippen LogP contribution in [0.4, 0.5) is 5.69 Å². The number of halogens is 1. The van der Waals surface area contributed by atoms with Gasteiger partial charge in [0.05, 0.1) is 10.2 Å². The van der Waals surface area contributed by atoms with E-state index in [1.54, 1.807) is 0 Å². The van der Waals surface area contributed by atoms with Gasteiger partial charge in [0.2, 0.25) is 12.4 Å². The lowest BCUT2D eigenvalue weighted by Crippen LogP contribution is -2.63. The summed E-state index contributed by atoms with van der Waals surface area (Å²) in [4.78, 5) is 72.3. The van der Waals surface area contributed by atoms with Gasteiger partial charge in [0.25, 0.3) is 11.8 Å². The Morgan fingerprint density at radius 1 is 0.842 bits per heavy atom. The fourth-order valence-corrected chi connectivity index (χ4v) is 4.15. The van der Waals surface area contributed by atoms with E-state index >= 15 is 0 Å². The van der Waals surface area contributed by atoms with Crippen LogP contribution in [0.3, 0.4) is 0 Å². The van der Waals surface area contributed by atoms with Crippen LogP contribution in [0.2, 0.25) is 0 Å². The van der Waals surface area contributed by atoms with E-state index in [9.17, 15) is 28.8 Å². The van der Waals surface area contributed by atoms with Crippen LogP contribution in [0.25, 0.3) is 0 Å². The van der Waals surface area contributed by atoms with Gasteiger partial charge in [-0.3, -0.25) is 28.8 Å². The number of amides is 2. The molecule has 0 aromatic heterocycles. The van der Waals surface area contributed by atoms with Gasteiger partial charge in [0, 0.05) is 33.8 Å². The first kappa shape index (κ1) is 28.8. The van der Waals surface area contributed by atoms with Crippen LogP contribution in [0.5, 0.6) is 5.75 Å². The Morgan fingerprint density at radius 3 is 1.89 bits per heavy atom. The maximum absolute atomic E-state index is 12.2. The second-order valence-corrected chi connectivity index (χ2v) is 9.00. The molecule has 2 aliphatic heterocycles. The zero-order valence-electron chi connectivity index (χ0n) is 20.7. The Balaban J connectivity index is 1.92. The third-order valence-corrected chi connectivity index (χ3v) is 5.74. The van der Waals surface area contributed by atoms with Gasteiger partial charge in [-0.15, -0.1) is 0 Å². The van der Waals surface area contributed by atoms with Gasteiger partial charge in [-0.25, -0.2) is 4.90 Å². The molecular formula is C24H24BrNO12. The molecule has 2 amide bonds. The maximum Gasteiger partial charge on any atom is 0.303 e. The predicted octanol–water partition coefficient (Wildman–Crippen LogP) is 1.30. The van der Waals surface area contributed by atoms with Crippen molar-refractivity contribution in [3.63, 3.8) is 0 Å². The lowest BCUT2D eigenvalue weighted by atomic mass is 9.98. The molecule has 13 nitrogen and oxygen atoms in total. The zero-order chi connectivity index (χ0) is 28.1. The molecule has 38 heavy (non-hydrogen) atoms. The standard InChI is InChI=1S/C24H24BrNO12/c1-11(27)33-10-18-20(34-12(2)28)21(35-13(3)29)22(36-14(4)30)24(38-18)37-16-7-5-15(6-8-16)26-19(31)9-17(25)23(26)32/h5-9,18,20-22,24H,10H2,1-4H3/t18-,20-,21+,22-,24-/m1/s1. The summed E-state index contributed by atoms with van der Waals surface area (Å²) in [5, 5.41) is 0. The molecule has 2 heterocycles. The predicted molar refractivity (Wildman–Crippen MR) is 129 cm³/mol. The van der Waals surface area contributed by atoms with Gasteiger partial charge in [-0.2, -0.15) is 0 Å². The number of nitrogens with zero attached hydrogens (tertiary/aromatic N) is 1. The smallest absolute Gasteiger partial charge is 0.303 e. The van der Waals surface area contributed by atoms with Crippen LogP contribution in [-0.4, -0.2) is 73.0 Å². The van der Waals surface area contributed by atoms with Crippen molar-refractivity contribution in [2.45, 2.75) is 58.4 Å². The topological polar surface area (TPSA) is 161 Å². The third-order valence-electron chi connectivity index (χ3n) is 5.17.